The third kappa shape index (κ3) is 4.82. The van der Waals surface area contributed by atoms with Crippen molar-refractivity contribution >= 4 is 17.8 Å². The minimum Gasteiger partial charge on any atom is -0.479 e. The lowest BCUT2D eigenvalue weighted by atomic mass is 9.91. The van der Waals surface area contributed by atoms with Crippen molar-refractivity contribution in [3.05, 3.63) is 35.4 Å². The van der Waals surface area contributed by atoms with Crippen LogP contribution >= 0.6 is 0 Å². The normalized spacial score (nSPS) is 16.8. The highest BCUT2D eigenvalue weighted by atomic mass is 16.4. The monoisotopic (exact) mass is 362 g/mol. The largest absolute Gasteiger partial charge is 0.479 e. The Bertz CT molecular complexity index is 683. The molecule has 7 nitrogen and oxygen atoms in total. The Morgan fingerprint density at radius 2 is 1.58 bits per heavy atom. The maximum Gasteiger partial charge on any atom is 0.335 e. The van der Waals surface area contributed by atoms with E-state index in [0.717, 1.165) is 0 Å². The summed E-state index contributed by atoms with van der Waals surface area (Å²) in [6, 6.07) is 6.38. The fourth-order valence-electron chi connectivity index (χ4n) is 2.69. The first-order chi connectivity index (χ1) is 12.0. The predicted octanol–water partition coefficient (Wildman–Crippen LogP) is 1.51. The molecular weight excluding hydrogens is 336 g/mol. The van der Waals surface area contributed by atoms with Crippen LogP contribution in [0.25, 0.3) is 0 Å². The number of nitrogens with one attached hydrogen (secondary N) is 1. The molecule has 0 radical (unpaired) electrons. The number of carbonyl (C=O) groups excluding carboxylic acids is 2. The van der Waals surface area contributed by atoms with Gasteiger partial charge in [0.25, 0.3) is 11.8 Å². The molecule has 0 spiro atoms. The minimum atomic E-state index is -1.76. The third-order valence-corrected chi connectivity index (χ3v) is 4.45. The molecule has 26 heavy (non-hydrogen) atoms. The van der Waals surface area contributed by atoms with Crippen LogP contribution in [0, 0.1) is 5.41 Å². The number of piperidine rings is 1. The Kier molecular flexibility index (Phi) is 5.71. The Morgan fingerprint density at radius 3 is 2.04 bits per heavy atom. The number of amides is 2. The molecule has 0 atom stereocenters. The number of nitrogens with zero attached hydrogens (tertiary/aromatic N) is 1. The zero-order valence-corrected chi connectivity index (χ0v) is 15.4. The second-order valence-corrected chi connectivity index (χ2v) is 7.95. The van der Waals surface area contributed by atoms with Crippen LogP contribution in [0.15, 0.2) is 24.3 Å². The molecule has 1 aliphatic rings. The summed E-state index contributed by atoms with van der Waals surface area (Å²) in [7, 11) is 0. The maximum absolute atomic E-state index is 12.5. The molecule has 3 N–H and O–H groups in total. The van der Waals surface area contributed by atoms with E-state index in [2.05, 4.69) is 5.32 Å². The van der Waals surface area contributed by atoms with Crippen molar-refractivity contribution in [2.75, 3.05) is 19.6 Å². The molecular formula is C19H26N2O5. The zero-order valence-electron chi connectivity index (χ0n) is 15.4. The Balaban J connectivity index is 1.97. The molecule has 2 amide bonds. The summed E-state index contributed by atoms with van der Waals surface area (Å²) in [4.78, 5) is 37.2. The van der Waals surface area contributed by atoms with Crippen LogP contribution in [-0.2, 0) is 4.79 Å². The van der Waals surface area contributed by atoms with Crippen molar-refractivity contribution in [1.82, 2.24) is 10.2 Å². The van der Waals surface area contributed by atoms with Gasteiger partial charge in [-0.25, -0.2) is 4.79 Å². The standard InChI is InChI=1S/C19H26N2O5/c1-18(2,3)12-20-15(22)13-4-6-14(7-5-13)16(23)21-10-8-19(26,9-11-21)17(24)25/h4-7,26H,8-12H2,1-3H3,(H,20,22)(H,24,25). The molecule has 0 aliphatic carbocycles. The summed E-state index contributed by atoms with van der Waals surface area (Å²) >= 11 is 0. The van der Waals surface area contributed by atoms with Gasteiger partial charge in [-0.05, 0) is 29.7 Å². The lowest BCUT2D eigenvalue weighted by Crippen LogP contribution is -2.50. The van der Waals surface area contributed by atoms with E-state index < -0.39 is 11.6 Å². The molecule has 142 valence electrons. The van der Waals surface area contributed by atoms with Crippen LogP contribution in [0.3, 0.4) is 0 Å². The summed E-state index contributed by atoms with van der Waals surface area (Å²) in [5.41, 5.74) is -0.869. The topological polar surface area (TPSA) is 107 Å². The molecule has 0 bridgehead atoms. The van der Waals surface area contributed by atoms with Crippen LogP contribution in [0.1, 0.15) is 54.3 Å². The van der Waals surface area contributed by atoms with E-state index in [1.165, 1.54) is 4.90 Å². The highest BCUT2D eigenvalue weighted by molar-refractivity contribution is 5.98. The number of aliphatic carboxylic acids is 1. The minimum absolute atomic E-state index is 0.00136. The molecule has 0 saturated carbocycles. The van der Waals surface area contributed by atoms with Gasteiger partial charge < -0.3 is 20.4 Å². The second-order valence-electron chi connectivity index (χ2n) is 7.95. The summed E-state index contributed by atoms with van der Waals surface area (Å²) < 4.78 is 0. The summed E-state index contributed by atoms with van der Waals surface area (Å²) in [5, 5.41) is 21.8. The van der Waals surface area contributed by atoms with E-state index in [-0.39, 0.29) is 43.2 Å². The molecule has 1 saturated heterocycles. The fourth-order valence-corrected chi connectivity index (χ4v) is 2.69. The van der Waals surface area contributed by atoms with Crippen molar-refractivity contribution in [2.45, 2.75) is 39.2 Å². The Morgan fingerprint density at radius 1 is 1.08 bits per heavy atom. The number of carboxylic acid groups (broad SMARTS) is 1. The SMILES string of the molecule is CC(C)(C)CNC(=O)c1ccc(C(=O)N2CCC(O)(C(=O)O)CC2)cc1. The first-order valence-electron chi connectivity index (χ1n) is 8.65. The van der Waals surface area contributed by atoms with E-state index in [4.69, 9.17) is 5.11 Å². The van der Waals surface area contributed by atoms with E-state index in [9.17, 15) is 19.5 Å². The van der Waals surface area contributed by atoms with Gasteiger partial charge in [0.15, 0.2) is 5.60 Å². The predicted molar refractivity (Wildman–Crippen MR) is 96.0 cm³/mol. The number of rotatable bonds is 4. The van der Waals surface area contributed by atoms with E-state index in [1.54, 1.807) is 24.3 Å². The molecule has 1 heterocycles. The quantitative estimate of drug-likeness (QED) is 0.753. The molecule has 1 aromatic carbocycles. The average molecular weight is 362 g/mol. The van der Waals surface area contributed by atoms with Crippen LogP contribution in [0.4, 0.5) is 0 Å². The third-order valence-electron chi connectivity index (χ3n) is 4.45. The van der Waals surface area contributed by atoms with Crippen molar-refractivity contribution < 1.29 is 24.6 Å². The molecule has 0 aromatic heterocycles. The molecule has 7 heteroatoms. The number of hydrogen-bond acceptors (Lipinski definition) is 4. The number of hydrogen-bond donors (Lipinski definition) is 3. The van der Waals surface area contributed by atoms with Crippen molar-refractivity contribution in [3.8, 4) is 0 Å². The average Bonchev–Trinajstić information content (AvgIpc) is 2.59. The van der Waals surface area contributed by atoms with Gasteiger partial charge >= 0.3 is 5.97 Å². The van der Waals surface area contributed by atoms with Crippen LogP contribution in [0.2, 0.25) is 0 Å². The van der Waals surface area contributed by atoms with Crippen LogP contribution in [-0.4, -0.2) is 58.1 Å². The van der Waals surface area contributed by atoms with E-state index in [0.29, 0.717) is 17.7 Å². The van der Waals surface area contributed by atoms with Crippen molar-refractivity contribution in [2.24, 2.45) is 5.41 Å². The number of carboxylic acids is 1. The Hall–Kier alpha value is -2.41. The lowest BCUT2D eigenvalue weighted by molar-refractivity contribution is -0.162. The highest BCUT2D eigenvalue weighted by Crippen LogP contribution is 2.23. The van der Waals surface area contributed by atoms with Gasteiger partial charge in [0.2, 0.25) is 0 Å². The summed E-state index contributed by atoms with van der Waals surface area (Å²) in [5.74, 6) is -1.68. The van der Waals surface area contributed by atoms with Gasteiger partial charge in [0.05, 0.1) is 0 Å². The number of carbonyl (C=O) groups is 3. The molecule has 2 rings (SSSR count). The van der Waals surface area contributed by atoms with E-state index in [1.807, 2.05) is 20.8 Å². The van der Waals surface area contributed by atoms with Gasteiger partial charge in [0.1, 0.15) is 0 Å². The van der Waals surface area contributed by atoms with Crippen molar-refractivity contribution in [3.63, 3.8) is 0 Å². The molecule has 1 aliphatic heterocycles. The molecule has 0 unspecified atom stereocenters. The maximum atomic E-state index is 12.5. The zero-order chi connectivity index (χ0) is 19.5. The number of benzene rings is 1. The van der Waals surface area contributed by atoms with Crippen molar-refractivity contribution in [1.29, 1.82) is 0 Å². The fraction of sp³-hybridized carbons (Fsp3) is 0.526. The summed E-state index contributed by atoms with van der Waals surface area (Å²) in [6.45, 7) is 6.98. The van der Waals surface area contributed by atoms with Crippen LogP contribution < -0.4 is 5.32 Å². The molecule has 1 aromatic rings. The van der Waals surface area contributed by atoms with Crippen LogP contribution in [0.5, 0.6) is 0 Å². The Labute approximate surface area is 153 Å². The second kappa shape index (κ2) is 7.45. The van der Waals surface area contributed by atoms with Gasteiger partial charge in [0, 0.05) is 43.6 Å². The number of likely N-dealkylation sites (tertiary alicyclic amines) is 1. The van der Waals surface area contributed by atoms with E-state index >= 15 is 0 Å². The highest BCUT2D eigenvalue weighted by Gasteiger charge is 2.40. The lowest BCUT2D eigenvalue weighted by Gasteiger charge is -2.35. The number of aliphatic hydroxyl groups is 1. The van der Waals surface area contributed by atoms with Gasteiger partial charge in [-0.2, -0.15) is 0 Å². The van der Waals surface area contributed by atoms with Gasteiger partial charge in [-0.15, -0.1) is 0 Å². The van der Waals surface area contributed by atoms with Gasteiger partial charge in [-0.1, -0.05) is 20.8 Å². The first kappa shape index (κ1) is 19.9. The first-order valence-corrected chi connectivity index (χ1v) is 8.65. The van der Waals surface area contributed by atoms with Gasteiger partial charge in [-0.3, -0.25) is 9.59 Å². The smallest absolute Gasteiger partial charge is 0.335 e. The summed E-state index contributed by atoms with van der Waals surface area (Å²) in [6.07, 6.45) is 0.00271. The molecule has 1 fully saturated rings.